The summed E-state index contributed by atoms with van der Waals surface area (Å²) < 4.78 is 10.3. The van der Waals surface area contributed by atoms with Gasteiger partial charge in [-0.3, -0.25) is 0 Å². The zero-order valence-corrected chi connectivity index (χ0v) is 9.63. The van der Waals surface area contributed by atoms with E-state index in [4.69, 9.17) is 21.1 Å². The topological polar surface area (TPSA) is 52.6 Å². The molecule has 84 valence electrons. The summed E-state index contributed by atoms with van der Waals surface area (Å²) in [6.07, 6.45) is 0. The van der Waals surface area contributed by atoms with Crippen LogP contribution in [0.1, 0.15) is 20.8 Å². The molecule has 0 N–H and O–H groups in total. The maximum Gasteiger partial charge on any atom is 0.353 e. The van der Waals surface area contributed by atoms with E-state index < -0.39 is 23.1 Å². The van der Waals surface area contributed by atoms with Crippen molar-refractivity contribution in [2.45, 2.75) is 32.0 Å². The Morgan fingerprint density at radius 1 is 1.20 bits per heavy atom. The highest BCUT2D eigenvalue weighted by Crippen LogP contribution is 2.49. The molecule has 0 aliphatic carbocycles. The van der Waals surface area contributed by atoms with Crippen LogP contribution in [0.15, 0.2) is 0 Å². The summed E-state index contributed by atoms with van der Waals surface area (Å²) >= 11 is 5.75. The molecule has 0 spiro atoms. The molecule has 0 aromatic rings. The van der Waals surface area contributed by atoms with Gasteiger partial charge in [0.05, 0.1) is 5.88 Å². The van der Waals surface area contributed by atoms with Crippen molar-refractivity contribution in [3.05, 3.63) is 0 Å². The van der Waals surface area contributed by atoms with Crippen LogP contribution < -0.4 is 0 Å². The predicted octanol–water partition coefficient (Wildman–Crippen LogP) is 1.11. The number of esters is 2. The van der Waals surface area contributed by atoms with Gasteiger partial charge >= 0.3 is 11.9 Å². The highest BCUT2D eigenvalue weighted by molar-refractivity contribution is 6.21. The molecule has 3 heterocycles. The minimum Gasteiger partial charge on any atom is -0.444 e. The van der Waals surface area contributed by atoms with Gasteiger partial charge < -0.3 is 9.47 Å². The molecule has 2 bridgehead atoms. The lowest BCUT2D eigenvalue weighted by atomic mass is 9.68. The Hall–Kier alpha value is -0.770. The van der Waals surface area contributed by atoms with Crippen molar-refractivity contribution < 1.29 is 19.1 Å². The number of fused-ring (bicyclic) bond motifs is 3. The summed E-state index contributed by atoms with van der Waals surface area (Å²) in [6, 6.07) is 0. The Bertz CT molecular complexity index is 342. The van der Waals surface area contributed by atoms with Gasteiger partial charge in [0.25, 0.3) is 0 Å². The fourth-order valence-corrected chi connectivity index (χ4v) is 2.68. The van der Waals surface area contributed by atoms with E-state index in [1.165, 1.54) is 0 Å². The number of hydrogen-bond donors (Lipinski definition) is 0. The third-order valence-corrected chi connectivity index (χ3v) is 4.28. The van der Waals surface area contributed by atoms with Crippen LogP contribution in [0.3, 0.4) is 0 Å². The quantitative estimate of drug-likeness (QED) is 0.502. The third-order valence-electron chi connectivity index (χ3n) is 3.88. The van der Waals surface area contributed by atoms with Gasteiger partial charge in [0.1, 0.15) is 0 Å². The number of halogens is 1. The fraction of sp³-hybridized carbons (Fsp3) is 0.800. The van der Waals surface area contributed by atoms with Crippen molar-refractivity contribution in [3.8, 4) is 0 Å². The highest BCUT2D eigenvalue weighted by Gasteiger charge is 2.68. The number of ether oxygens (including phenoxy) is 2. The summed E-state index contributed by atoms with van der Waals surface area (Å²) in [4.78, 5) is 23.4. The highest BCUT2D eigenvalue weighted by atomic mass is 35.5. The first-order valence-electron chi connectivity index (χ1n) is 4.91. The lowest BCUT2D eigenvalue weighted by molar-refractivity contribution is -0.264. The Labute approximate surface area is 92.9 Å². The number of carbonyl (C=O) groups excluding carboxylic acids is 2. The van der Waals surface area contributed by atoms with Crippen LogP contribution in [0.25, 0.3) is 0 Å². The van der Waals surface area contributed by atoms with E-state index in [0.29, 0.717) is 0 Å². The largest absolute Gasteiger partial charge is 0.444 e. The van der Waals surface area contributed by atoms with Crippen molar-refractivity contribution in [2.75, 3.05) is 5.88 Å². The second-order valence-corrected chi connectivity index (χ2v) is 4.75. The normalized spacial score (nSPS) is 48.8. The molecule has 3 rings (SSSR count). The van der Waals surface area contributed by atoms with E-state index in [9.17, 15) is 9.59 Å². The van der Waals surface area contributed by atoms with Gasteiger partial charge in [-0.25, -0.2) is 9.59 Å². The summed E-state index contributed by atoms with van der Waals surface area (Å²) in [7, 11) is 0. The van der Waals surface area contributed by atoms with E-state index >= 15 is 0 Å². The number of carbonyl (C=O) groups is 2. The van der Waals surface area contributed by atoms with Crippen LogP contribution in [-0.4, -0.2) is 29.0 Å². The van der Waals surface area contributed by atoms with E-state index in [-0.39, 0.29) is 17.7 Å². The molecule has 15 heavy (non-hydrogen) atoms. The third kappa shape index (κ3) is 1.03. The van der Waals surface area contributed by atoms with Crippen LogP contribution in [0, 0.1) is 11.8 Å². The molecule has 0 aromatic carbocycles. The van der Waals surface area contributed by atoms with Gasteiger partial charge in [0.2, 0.25) is 11.2 Å². The maximum absolute atomic E-state index is 11.7. The standard InChI is InChI=1S/C10H13ClO4/c1-5-6(2)10(4-11)8(13)14-9(5,3)7(12)15-10/h5-6H,4H2,1-3H3/t5-,6-,9+,10+/m0/s1. The van der Waals surface area contributed by atoms with Crippen molar-refractivity contribution >= 4 is 23.5 Å². The van der Waals surface area contributed by atoms with Crippen LogP contribution in [0.5, 0.6) is 0 Å². The Morgan fingerprint density at radius 2 is 1.80 bits per heavy atom. The minimum atomic E-state index is -1.28. The van der Waals surface area contributed by atoms with Crippen molar-refractivity contribution in [3.63, 3.8) is 0 Å². The molecule has 5 heteroatoms. The SMILES string of the molecule is C[C@H]1[C@H](C)[C@@]2(CCl)OC(=O)[C@]1(C)OC2=O. The first-order chi connectivity index (χ1) is 6.88. The second kappa shape index (κ2) is 2.88. The molecule has 3 aliphatic heterocycles. The minimum absolute atomic E-state index is 0.0564. The monoisotopic (exact) mass is 232 g/mol. The molecule has 3 aliphatic rings. The average molecular weight is 233 g/mol. The molecule has 0 saturated carbocycles. The van der Waals surface area contributed by atoms with E-state index in [1.807, 2.05) is 13.8 Å². The van der Waals surface area contributed by atoms with Crippen molar-refractivity contribution in [2.24, 2.45) is 11.8 Å². The van der Waals surface area contributed by atoms with Crippen LogP contribution in [0.4, 0.5) is 0 Å². The average Bonchev–Trinajstić information content (AvgIpc) is 2.19. The summed E-state index contributed by atoms with van der Waals surface area (Å²) in [5.41, 5.74) is -2.43. The van der Waals surface area contributed by atoms with Gasteiger partial charge in [0, 0.05) is 11.8 Å². The molecule has 3 fully saturated rings. The molecular weight excluding hydrogens is 220 g/mol. The molecule has 0 unspecified atom stereocenters. The fourth-order valence-electron chi connectivity index (χ4n) is 2.27. The first kappa shape index (κ1) is 10.7. The first-order valence-corrected chi connectivity index (χ1v) is 5.45. The summed E-state index contributed by atoms with van der Waals surface area (Å²) in [5.74, 6) is -1.29. The number of hydrogen-bond acceptors (Lipinski definition) is 4. The summed E-state index contributed by atoms with van der Waals surface area (Å²) in [6.45, 7) is 5.32. The Kier molecular flexibility index (Phi) is 2.06. The van der Waals surface area contributed by atoms with Gasteiger partial charge in [-0.05, 0) is 6.92 Å². The van der Waals surface area contributed by atoms with E-state index in [2.05, 4.69) is 0 Å². The van der Waals surface area contributed by atoms with Crippen LogP contribution in [0.2, 0.25) is 0 Å². The Morgan fingerprint density at radius 3 is 2.33 bits per heavy atom. The number of rotatable bonds is 1. The molecule has 3 saturated heterocycles. The number of alkyl halides is 1. The molecule has 0 radical (unpaired) electrons. The van der Waals surface area contributed by atoms with Gasteiger partial charge in [0.15, 0.2) is 0 Å². The van der Waals surface area contributed by atoms with Crippen LogP contribution >= 0.6 is 11.6 Å². The summed E-state index contributed by atoms with van der Waals surface area (Å²) in [5, 5.41) is 0. The van der Waals surface area contributed by atoms with Crippen molar-refractivity contribution in [1.82, 2.24) is 0 Å². The van der Waals surface area contributed by atoms with Gasteiger partial charge in [-0.2, -0.15) is 0 Å². The maximum atomic E-state index is 11.7. The predicted molar refractivity (Wildman–Crippen MR) is 52.4 cm³/mol. The Balaban J connectivity index is 2.52. The smallest absolute Gasteiger partial charge is 0.353 e. The lowest BCUT2D eigenvalue weighted by Crippen LogP contribution is -2.72. The molecule has 0 aromatic heterocycles. The van der Waals surface area contributed by atoms with E-state index in [0.717, 1.165) is 0 Å². The zero-order chi connectivity index (χ0) is 11.4. The lowest BCUT2D eigenvalue weighted by Gasteiger charge is -2.54. The van der Waals surface area contributed by atoms with Crippen LogP contribution in [-0.2, 0) is 19.1 Å². The zero-order valence-electron chi connectivity index (χ0n) is 8.87. The molecule has 0 amide bonds. The van der Waals surface area contributed by atoms with E-state index in [1.54, 1.807) is 6.92 Å². The molecule has 4 atom stereocenters. The second-order valence-electron chi connectivity index (χ2n) is 4.49. The van der Waals surface area contributed by atoms with Gasteiger partial charge in [-0.1, -0.05) is 13.8 Å². The molecular formula is C10H13ClO4. The van der Waals surface area contributed by atoms with Gasteiger partial charge in [-0.15, -0.1) is 11.6 Å². The molecule has 4 nitrogen and oxygen atoms in total. The van der Waals surface area contributed by atoms with Crippen molar-refractivity contribution in [1.29, 1.82) is 0 Å².